The predicted molar refractivity (Wildman–Crippen MR) is 70.7 cm³/mol. The zero-order valence-electron chi connectivity index (χ0n) is 11.6. The summed E-state index contributed by atoms with van der Waals surface area (Å²) < 4.78 is 5.66. The molecule has 0 aromatic rings. The van der Waals surface area contributed by atoms with Gasteiger partial charge in [0.25, 0.3) is 5.70 Å². The van der Waals surface area contributed by atoms with E-state index in [1.807, 2.05) is 0 Å². The summed E-state index contributed by atoms with van der Waals surface area (Å²) in [6.45, 7) is 12.9. The molecule has 0 bridgehead atoms. The molecule has 1 atom stereocenters. The molecule has 0 amide bonds. The molecule has 0 aromatic heterocycles. The van der Waals surface area contributed by atoms with E-state index in [-0.39, 0.29) is 6.61 Å². The first-order valence-corrected chi connectivity index (χ1v) is 6.00. The summed E-state index contributed by atoms with van der Waals surface area (Å²) in [5, 5.41) is 8.50. The summed E-state index contributed by atoms with van der Waals surface area (Å²) in [5.74, 6) is 1.31. The summed E-state index contributed by atoms with van der Waals surface area (Å²) in [4.78, 5) is 14.1. The first-order valence-electron chi connectivity index (χ1n) is 6.00. The van der Waals surface area contributed by atoms with Crippen LogP contribution in [0, 0.1) is 12.5 Å². The lowest BCUT2D eigenvalue weighted by Crippen LogP contribution is -2.45. The van der Waals surface area contributed by atoms with Gasteiger partial charge in [0.15, 0.2) is 0 Å². The number of hydrogen-bond acceptors (Lipinski definition) is 2. The SMILES string of the molecule is [C-]#[N+]C(=C=[N-])C(=O)OCC[N+](C)(C)CC(C)CC. The van der Waals surface area contributed by atoms with Gasteiger partial charge in [-0.3, -0.25) is 10.7 Å². The number of quaternary nitrogens is 1. The third kappa shape index (κ3) is 6.19. The number of nitrogens with zero attached hydrogens (tertiary/aromatic N) is 3. The van der Waals surface area contributed by atoms with E-state index in [0.717, 1.165) is 17.4 Å². The van der Waals surface area contributed by atoms with Crippen molar-refractivity contribution in [1.29, 1.82) is 0 Å². The van der Waals surface area contributed by atoms with E-state index in [9.17, 15) is 4.79 Å². The number of carbonyl (C=O) groups is 1. The van der Waals surface area contributed by atoms with Crippen LogP contribution < -0.4 is 0 Å². The van der Waals surface area contributed by atoms with Crippen LogP contribution in [0.1, 0.15) is 20.3 Å². The predicted octanol–water partition coefficient (Wildman–Crippen LogP) is 1.69. The standard InChI is InChI=1S/C13H21N3O2/c1-6-11(2)10-16(4,5)7-8-18-13(17)12(9-14)15-3/h11H,6-8,10H2,1-2,4-5H3. The Labute approximate surface area is 109 Å². The summed E-state index contributed by atoms with van der Waals surface area (Å²) in [7, 11) is 4.15. The molecule has 0 aliphatic heterocycles. The molecular weight excluding hydrogens is 230 g/mol. The van der Waals surface area contributed by atoms with Crippen molar-refractivity contribution in [3.8, 4) is 0 Å². The van der Waals surface area contributed by atoms with E-state index in [2.05, 4.69) is 32.8 Å². The highest BCUT2D eigenvalue weighted by molar-refractivity contribution is 6.00. The summed E-state index contributed by atoms with van der Waals surface area (Å²) in [6.07, 6.45) is 1.12. The Morgan fingerprint density at radius 2 is 2.17 bits per heavy atom. The molecule has 0 radical (unpaired) electrons. The number of likely N-dealkylation sites (N-methyl/N-ethyl adjacent to an activating group) is 1. The Morgan fingerprint density at radius 1 is 1.56 bits per heavy atom. The van der Waals surface area contributed by atoms with Gasteiger partial charge in [0.1, 0.15) is 13.2 Å². The van der Waals surface area contributed by atoms with Gasteiger partial charge >= 0.3 is 5.97 Å². The molecule has 0 saturated carbocycles. The minimum absolute atomic E-state index is 0.225. The molecule has 5 nitrogen and oxygen atoms in total. The molecule has 0 aliphatic carbocycles. The average molecular weight is 251 g/mol. The normalized spacial score (nSPS) is 12.2. The van der Waals surface area contributed by atoms with Crippen LogP contribution in [0.25, 0.3) is 10.3 Å². The van der Waals surface area contributed by atoms with E-state index in [0.29, 0.717) is 12.5 Å². The molecular formula is C13H21N3O2. The highest BCUT2D eigenvalue weighted by atomic mass is 16.5. The van der Waals surface area contributed by atoms with Crippen molar-refractivity contribution in [2.75, 3.05) is 33.8 Å². The highest BCUT2D eigenvalue weighted by Gasteiger charge is 2.19. The van der Waals surface area contributed by atoms with E-state index in [1.165, 1.54) is 5.87 Å². The van der Waals surface area contributed by atoms with Crippen molar-refractivity contribution in [3.05, 3.63) is 22.5 Å². The van der Waals surface area contributed by atoms with E-state index in [4.69, 9.17) is 16.7 Å². The van der Waals surface area contributed by atoms with Crippen LogP contribution >= 0.6 is 0 Å². The zero-order valence-corrected chi connectivity index (χ0v) is 11.6. The van der Waals surface area contributed by atoms with Crippen molar-refractivity contribution in [2.45, 2.75) is 20.3 Å². The number of carbonyl (C=O) groups excluding carboxylic acids is 1. The van der Waals surface area contributed by atoms with Crippen molar-refractivity contribution < 1.29 is 14.0 Å². The number of hydrogen-bond donors (Lipinski definition) is 0. The monoisotopic (exact) mass is 251 g/mol. The molecule has 100 valence electrons. The second-order valence-electron chi connectivity index (χ2n) is 5.06. The Kier molecular flexibility index (Phi) is 6.96. The maximum absolute atomic E-state index is 11.3. The van der Waals surface area contributed by atoms with E-state index >= 15 is 0 Å². The minimum atomic E-state index is -0.823. The maximum Gasteiger partial charge on any atom is 0.343 e. The molecule has 0 aromatic carbocycles. The number of esters is 1. The number of rotatable bonds is 7. The van der Waals surface area contributed by atoms with Gasteiger partial charge in [-0.25, -0.2) is 4.85 Å². The lowest BCUT2D eigenvalue weighted by Gasteiger charge is -2.31. The van der Waals surface area contributed by atoms with Gasteiger partial charge in [0.2, 0.25) is 0 Å². The highest BCUT2D eigenvalue weighted by Crippen LogP contribution is 2.08. The first-order chi connectivity index (χ1) is 8.36. The minimum Gasteiger partial charge on any atom is -0.775 e. The van der Waals surface area contributed by atoms with Crippen molar-refractivity contribution in [1.82, 2.24) is 0 Å². The fourth-order valence-electron chi connectivity index (χ4n) is 1.63. The first kappa shape index (κ1) is 16.4. The topological polar surface area (TPSA) is 53.0 Å². The van der Waals surface area contributed by atoms with Gasteiger partial charge in [-0.2, -0.15) is 0 Å². The molecule has 0 spiro atoms. The summed E-state index contributed by atoms with van der Waals surface area (Å²) >= 11 is 0. The molecule has 0 saturated heterocycles. The third-order valence-electron chi connectivity index (χ3n) is 2.84. The van der Waals surface area contributed by atoms with Crippen LogP contribution in [0.3, 0.4) is 0 Å². The molecule has 1 unspecified atom stereocenters. The van der Waals surface area contributed by atoms with Crippen molar-refractivity contribution in [3.63, 3.8) is 0 Å². The zero-order chi connectivity index (χ0) is 14.2. The van der Waals surface area contributed by atoms with Crippen LogP contribution in [0.15, 0.2) is 5.70 Å². The fourth-order valence-corrected chi connectivity index (χ4v) is 1.63. The Bertz CT molecular complexity index is 376. The third-order valence-corrected chi connectivity index (χ3v) is 2.84. The second kappa shape index (κ2) is 7.65. The van der Waals surface area contributed by atoms with Gasteiger partial charge < -0.3 is 14.6 Å². The summed E-state index contributed by atoms with van der Waals surface area (Å²) in [6, 6.07) is 0. The van der Waals surface area contributed by atoms with Gasteiger partial charge in [-0.1, -0.05) is 13.8 Å². The molecule has 0 fully saturated rings. The molecule has 0 N–H and O–H groups in total. The van der Waals surface area contributed by atoms with Crippen LogP contribution in [0.4, 0.5) is 0 Å². The lowest BCUT2D eigenvalue weighted by atomic mass is 10.1. The van der Waals surface area contributed by atoms with Crippen LogP contribution in [0.5, 0.6) is 0 Å². The summed E-state index contributed by atoms with van der Waals surface area (Å²) in [5.41, 5.74) is -0.512. The Balaban J connectivity index is 4.16. The molecule has 18 heavy (non-hydrogen) atoms. The van der Waals surface area contributed by atoms with Gasteiger partial charge in [0, 0.05) is 5.92 Å². The second-order valence-corrected chi connectivity index (χ2v) is 5.06. The van der Waals surface area contributed by atoms with Crippen molar-refractivity contribution >= 4 is 11.8 Å². The van der Waals surface area contributed by atoms with E-state index < -0.39 is 11.7 Å². The van der Waals surface area contributed by atoms with Gasteiger partial charge in [-0.15, -0.1) is 0 Å². The smallest absolute Gasteiger partial charge is 0.343 e. The van der Waals surface area contributed by atoms with Crippen LogP contribution in [-0.2, 0) is 9.53 Å². The van der Waals surface area contributed by atoms with Gasteiger partial charge in [0.05, 0.1) is 27.2 Å². The largest absolute Gasteiger partial charge is 0.775 e. The molecule has 0 rings (SSSR count). The fraction of sp³-hybridized carbons (Fsp3) is 0.692. The maximum atomic E-state index is 11.3. The van der Waals surface area contributed by atoms with Crippen LogP contribution in [0.2, 0.25) is 0 Å². The average Bonchev–Trinajstić information content (AvgIpc) is 2.29. The quantitative estimate of drug-likeness (QED) is 0.227. The molecule has 5 heteroatoms. The number of ether oxygens (including phenoxy) is 1. The molecule has 0 aliphatic rings. The van der Waals surface area contributed by atoms with Crippen molar-refractivity contribution in [2.24, 2.45) is 5.92 Å². The Hall–Kier alpha value is -1.63. The lowest BCUT2D eigenvalue weighted by molar-refractivity contribution is -0.893. The van der Waals surface area contributed by atoms with Gasteiger partial charge in [-0.05, 0) is 6.42 Å². The Morgan fingerprint density at radius 3 is 2.61 bits per heavy atom. The molecule has 0 heterocycles. The van der Waals surface area contributed by atoms with E-state index in [1.54, 1.807) is 0 Å². The van der Waals surface area contributed by atoms with Crippen LogP contribution in [-0.4, -0.2) is 50.1 Å².